The smallest absolute Gasteiger partial charge is 0.229 e. The standard InChI is InChI=1S/C25H30N8O3S/c1-4-9-32-24(34)22-17-27-25(28-18-5-7-20(8-6-18)31-10-12-36-13-11-31)29-23(22)33(32)21-14-19(15-26-16-21)30-37(2,3)35/h4-8,14-17,24,34H,1,9-13H2,2-3H3,(H,27,28,29). The van der Waals surface area contributed by atoms with Crippen molar-refractivity contribution in [1.82, 2.24) is 20.0 Å². The molecule has 0 amide bonds. The lowest BCUT2D eigenvalue weighted by Gasteiger charge is -2.30. The summed E-state index contributed by atoms with van der Waals surface area (Å²) in [4.78, 5) is 15.7. The van der Waals surface area contributed by atoms with Crippen molar-refractivity contribution in [2.24, 2.45) is 4.36 Å². The molecule has 2 aliphatic rings. The largest absolute Gasteiger partial charge is 0.378 e. The molecule has 0 aliphatic carbocycles. The number of nitrogens with one attached hydrogen (secondary N) is 1. The van der Waals surface area contributed by atoms with E-state index in [0.717, 1.165) is 37.7 Å². The van der Waals surface area contributed by atoms with Crippen LogP contribution in [0.3, 0.4) is 0 Å². The topological polar surface area (TPSA) is 119 Å². The van der Waals surface area contributed by atoms with Gasteiger partial charge in [-0.1, -0.05) is 6.08 Å². The zero-order valence-electron chi connectivity index (χ0n) is 20.8. The summed E-state index contributed by atoms with van der Waals surface area (Å²) in [5.74, 6) is 0.888. The van der Waals surface area contributed by atoms with Gasteiger partial charge in [-0.15, -0.1) is 6.58 Å². The van der Waals surface area contributed by atoms with Gasteiger partial charge in [0.15, 0.2) is 12.0 Å². The first-order valence-electron chi connectivity index (χ1n) is 11.9. The lowest BCUT2D eigenvalue weighted by Crippen LogP contribution is -2.37. The number of anilines is 5. The van der Waals surface area contributed by atoms with E-state index in [9.17, 15) is 9.32 Å². The Balaban J connectivity index is 1.45. The first-order valence-corrected chi connectivity index (χ1v) is 14.2. The van der Waals surface area contributed by atoms with Crippen molar-refractivity contribution in [2.75, 3.05) is 60.6 Å². The summed E-state index contributed by atoms with van der Waals surface area (Å²) in [5.41, 5.74) is 3.62. The van der Waals surface area contributed by atoms with Crippen LogP contribution in [0.4, 0.5) is 34.5 Å². The highest BCUT2D eigenvalue weighted by atomic mass is 32.2. The summed E-state index contributed by atoms with van der Waals surface area (Å²) in [6, 6.07) is 9.85. The van der Waals surface area contributed by atoms with Crippen LogP contribution >= 0.6 is 0 Å². The van der Waals surface area contributed by atoms with Crippen molar-refractivity contribution in [3.05, 3.63) is 67.1 Å². The number of aromatic nitrogens is 3. The van der Waals surface area contributed by atoms with Crippen molar-refractivity contribution in [3.8, 4) is 0 Å². The second-order valence-electron chi connectivity index (χ2n) is 9.01. The maximum Gasteiger partial charge on any atom is 0.229 e. The minimum Gasteiger partial charge on any atom is -0.378 e. The van der Waals surface area contributed by atoms with Crippen LogP contribution in [0, 0.1) is 0 Å². The zero-order chi connectivity index (χ0) is 26.0. The first-order chi connectivity index (χ1) is 17.8. The highest BCUT2D eigenvalue weighted by molar-refractivity contribution is 7.92. The van der Waals surface area contributed by atoms with Gasteiger partial charge in [-0.05, 0) is 30.3 Å². The van der Waals surface area contributed by atoms with Gasteiger partial charge in [0.05, 0.1) is 42.5 Å². The quantitative estimate of drug-likeness (QED) is 0.447. The molecular formula is C25H30N8O3S. The minimum atomic E-state index is -2.37. The fourth-order valence-corrected chi connectivity index (χ4v) is 4.92. The maximum atomic E-state index is 12.2. The number of benzene rings is 1. The summed E-state index contributed by atoms with van der Waals surface area (Å²) in [6.45, 7) is 7.38. The number of aliphatic hydroxyl groups is 1. The molecule has 4 heterocycles. The number of morpholine rings is 1. The Bertz CT molecular complexity index is 1390. The Labute approximate surface area is 216 Å². The predicted octanol–water partition coefficient (Wildman–Crippen LogP) is 3.36. The van der Waals surface area contributed by atoms with Crippen molar-refractivity contribution in [1.29, 1.82) is 0 Å². The van der Waals surface area contributed by atoms with E-state index in [4.69, 9.17) is 9.72 Å². The normalized spacial score (nSPS) is 18.0. The molecular weight excluding hydrogens is 492 g/mol. The summed E-state index contributed by atoms with van der Waals surface area (Å²) >= 11 is 0. The van der Waals surface area contributed by atoms with E-state index in [1.54, 1.807) is 53.3 Å². The second kappa shape index (κ2) is 10.4. The van der Waals surface area contributed by atoms with Crippen LogP contribution in [0.2, 0.25) is 0 Å². The Morgan fingerprint density at radius 3 is 2.65 bits per heavy atom. The summed E-state index contributed by atoms with van der Waals surface area (Å²) < 4.78 is 21.9. The molecule has 0 saturated carbocycles. The lowest BCUT2D eigenvalue weighted by molar-refractivity contribution is 0.0251. The number of hydrogen-bond acceptors (Lipinski definition) is 11. The van der Waals surface area contributed by atoms with Gasteiger partial charge in [-0.2, -0.15) is 14.4 Å². The minimum absolute atomic E-state index is 0.350. The third kappa shape index (κ3) is 5.57. The van der Waals surface area contributed by atoms with Gasteiger partial charge in [-0.25, -0.2) is 9.19 Å². The van der Waals surface area contributed by atoms with Crippen LogP contribution in [0.1, 0.15) is 11.8 Å². The molecule has 12 heteroatoms. The van der Waals surface area contributed by atoms with Crippen LogP contribution in [0.15, 0.2) is 65.9 Å². The molecule has 1 aromatic carbocycles. The maximum absolute atomic E-state index is 12.2. The molecule has 2 aromatic heterocycles. The number of hydrogen-bond donors (Lipinski definition) is 2. The van der Waals surface area contributed by atoms with Crippen LogP contribution in [-0.4, -0.2) is 74.6 Å². The third-order valence-electron chi connectivity index (χ3n) is 5.91. The number of hydrazine groups is 1. The molecule has 3 aromatic rings. The fourth-order valence-electron chi connectivity index (χ4n) is 4.31. The average Bonchev–Trinajstić information content (AvgIpc) is 3.15. The lowest BCUT2D eigenvalue weighted by atomic mass is 10.2. The average molecular weight is 523 g/mol. The first kappa shape index (κ1) is 25.1. The molecule has 5 rings (SSSR count). The number of fused-ring (bicyclic) bond motifs is 1. The number of aliphatic hydroxyl groups excluding tert-OH is 1. The number of nitrogens with zero attached hydrogens (tertiary/aromatic N) is 7. The fraction of sp³-hybridized carbons (Fsp3) is 0.320. The summed E-state index contributed by atoms with van der Waals surface area (Å²) in [6.07, 6.45) is 8.65. The van der Waals surface area contributed by atoms with Gasteiger partial charge >= 0.3 is 0 Å². The molecule has 2 N–H and O–H groups in total. The Kier molecular flexibility index (Phi) is 7.07. The molecule has 1 atom stereocenters. The third-order valence-corrected chi connectivity index (χ3v) is 6.56. The molecule has 0 radical (unpaired) electrons. The Morgan fingerprint density at radius 2 is 1.95 bits per heavy atom. The molecule has 0 bridgehead atoms. The van der Waals surface area contributed by atoms with E-state index < -0.39 is 16.0 Å². The van der Waals surface area contributed by atoms with Crippen LogP contribution in [0.25, 0.3) is 0 Å². The van der Waals surface area contributed by atoms with E-state index in [0.29, 0.717) is 35.2 Å². The van der Waals surface area contributed by atoms with Crippen molar-refractivity contribution in [2.45, 2.75) is 6.23 Å². The Hall–Kier alpha value is -3.58. The number of ether oxygens (including phenoxy) is 1. The van der Waals surface area contributed by atoms with Gasteiger partial charge in [-0.3, -0.25) is 9.99 Å². The van der Waals surface area contributed by atoms with E-state index in [2.05, 4.69) is 43.3 Å². The van der Waals surface area contributed by atoms with Gasteiger partial charge < -0.3 is 20.1 Å². The SMILES string of the molecule is C=CCN1C(O)c2cnc(Nc3ccc(N4CCOCC4)cc3)nc2N1c1cncc(N=S(C)(C)=O)c1. The van der Waals surface area contributed by atoms with Crippen molar-refractivity contribution < 1.29 is 14.1 Å². The predicted molar refractivity (Wildman–Crippen MR) is 145 cm³/mol. The monoisotopic (exact) mass is 522 g/mol. The van der Waals surface area contributed by atoms with Gasteiger partial charge in [0.25, 0.3) is 0 Å². The highest BCUT2D eigenvalue weighted by Crippen LogP contribution is 2.42. The molecule has 1 unspecified atom stereocenters. The molecule has 2 aliphatic heterocycles. The van der Waals surface area contributed by atoms with Crippen molar-refractivity contribution in [3.63, 3.8) is 0 Å². The Morgan fingerprint density at radius 1 is 1.19 bits per heavy atom. The van der Waals surface area contributed by atoms with Crippen LogP contribution in [-0.2, 0) is 14.5 Å². The molecule has 11 nitrogen and oxygen atoms in total. The zero-order valence-corrected chi connectivity index (χ0v) is 21.6. The number of pyridine rings is 1. The van der Waals surface area contributed by atoms with Crippen molar-refractivity contribution >= 4 is 44.2 Å². The van der Waals surface area contributed by atoms with E-state index >= 15 is 0 Å². The highest BCUT2D eigenvalue weighted by Gasteiger charge is 2.38. The number of rotatable bonds is 7. The van der Waals surface area contributed by atoms with E-state index in [1.165, 1.54) is 0 Å². The van der Waals surface area contributed by atoms with Gasteiger partial charge in [0.2, 0.25) is 5.95 Å². The van der Waals surface area contributed by atoms with E-state index in [1.807, 2.05) is 12.1 Å². The molecule has 1 saturated heterocycles. The second-order valence-corrected chi connectivity index (χ2v) is 11.6. The molecule has 0 spiro atoms. The van der Waals surface area contributed by atoms with Crippen LogP contribution in [0.5, 0.6) is 0 Å². The van der Waals surface area contributed by atoms with Gasteiger partial charge in [0.1, 0.15) is 0 Å². The molecule has 37 heavy (non-hydrogen) atoms. The molecule has 194 valence electrons. The van der Waals surface area contributed by atoms with E-state index in [-0.39, 0.29) is 0 Å². The molecule has 1 fully saturated rings. The van der Waals surface area contributed by atoms with Crippen LogP contribution < -0.4 is 15.2 Å². The summed E-state index contributed by atoms with van der Waals surface area (Å²) in [5, 5.41) is 17.7. The summed E-state index contributed by atoms with van der Waals surface area (Å²) in [7, 11) is -2.37. The van der Waals surface area contributed by atoms with Gasteiger partial charge in [0, 0.05) is 59.4 Å².